The zero-order chi connectivity index (χ0) is 15.1. The van der Waals surface area contributed by atoms with Crippen LogP contribution in [0.3, 0.4) is 0 Å². The summed E-state index contributed by atoms with van der Waals surface area (Å²) in [7, 11) is 1.36. The Bertz CT molecular complexity index is 549. The standard InChI is InChI=1S/C14H16N2O4/c1-4-9(5-2)15-14(19)16-10-6-7-11(13(17)18)12(8-10)20-3/h1,6-9H,5H2,2-3H3,(H,17,18)(H2,15,16,19). The van der Waals surface area contributed by atoms with Crippen LogP contribution in [0.4, 0.5) is 10.5 Å². The first-order valence-corrected chi connectivity index (χ1v) is 5.96. The fourth-order valence-corrected chi connectivity index (χ4v) is 1.53. The molecule has 0 aromatic heterocycles. The fourth-order valence-electron chi connectivity index (χ4n) is 1.53. The molecule has 20 heavy (non-hydrogen) atoms. The molecule has 0 aliphatic heterocycles. The summed E-state index contributed by atoms with van der Waals surface area (Å²) >= 11 is 0. The Hall–Kier alpha value is -2.68. The van der Waals surface area contributed by atoms with Gasteiger partial charge in [0.25, 0.3) is 0 Å². The lowest BCUT2D eigenvalue weighted by Crippen LogP contribution is -2.36. The fraction of sp³-hybridized carbons (Fsp3) is 0.286. The molecule has 1 unspecified atom stereocenters. The Kier molecular flexibility index (Phi) is 5.42. The largest absolute Gasteiger partial charge is 0.496 e. The number of nitrogens with one attached hydrogen (secondary N) is 2. The minimum absolute atomic E-state index is 0.0218. The van der Waals surface area contributed by atoms with E-state index >= 15 is 0 Å². The quantitative estimate of drug-likeness (QED) is 0.717. The van der Waals surface area contributed by atoms with Gasteiger partial charge in [-0.15, -0.1) is 6.42 Å². The zero-order valence-corrected chi connectivity index (χ0v) is 11.3. The van der Waals surface area contributed by atoms with Gasteiger partial charge in [0.2, 0.25) is 0 Å². The molecule has 0 saturated carbocycles. The number of hydrogen-bond donors (Lipinski definition) is 3. The molecule has 0 heterocycles. The Morgan fingerprint density at radius 1 is 1.50 bits per heavy atom. The van der Waals surface area contributed by atoms with E-state index in [1.165, 1.54) is 25.3 Å². The van der Waals surface area contributed by atoms with E-state index in [0.29, 0.717) is 12.1 Å². The van der Waals surface area contributed by atoms with Crippen LogP contribution < -0.4 is 15.4 Å². The van der Waals surface area contributed by atoms with Gasteiger partial charge < -0.3 is 20.5 Å². The third kappa shape index (κ3) is 3.92. The van der Waals surface area contributed by atoms with E-state index in [1.807, 2.05) is 6.92 Å². The number of aromatic carboxylic acids is 1. The molecule has 0 spiro atoms. The second-order valence-corrected chi connectivity index (χ2v) is 3.95. The second kappa shape index (κ2) is 7.04. The molecule has 0 saturated heterocycles. The van der Waals surface area contributed by atoms with E-state index in [9.17, 15) is 9.59 Å². The number of hydrogen-bond acceptors (Lipinski definition) is 3. The molecular weight excluding hydrogens is 260 g/mol. The number of benzene rings is 1. The molecule has 0 aliphatic carbocycles. The molecule has 106 valence electrons. The number of ether oxygens (including phenoxy) is 1. The molecule has 0 radical (unpaired) electrons. The van der Waals surface area contributed by atoms with E-state index in [4.69, 9.17) is 16.3 Å². The van der Waals surface area contributed by atoms with Gasteiger partial charge in [0.15, 0.2) is 0 Å². The van der Waals surface area contributed by atoms with E-state index < -0.39 is 12.0 Å². The lowest BCUT2D eigenvalue weighted by molar-refractivity contribution is 0.0693. The van der Waals surface area contributed by atoms with Gasteiger partial charge in [-0.05, 0) is 18.6 Å². The highest BCUT2D eigenvalue weighted by Gasteiger charge is 2.13. The lowest BCUT2D eigenvalue weighted by atomic mass is 10.2. The summed E-state index contributed by atoms with van der Waals surface area (Å²) in [5, 5.41) is 14.1. The molecule has 0 fully saturated rings. The monoisotopic (exact) mass is 276 g/mol. The predicted octanol–water partition coefficient (Wildman–Crippen LogP) is 1.93. The van der Waals surface area contributed by atoms with Gasteiger partial charge in [0, 0.05) is 11.8 Å². The SMILES string of the molecule is C#CC(CC)NC(=O)Nc1ccc(C(=O)O)c(OC)c1. The van der Waals surface area contributed by atoms with Gasteiger partial charge >= 0.3 is 12.0 Å². The van der Waals surface area contributed by atoms with E-state index in [2.05, 4.69) is 16.6 Å². The number of carbonyl (C=O) groups is 2. The number of carboxylic acid groups (broad SMARTS) is 1. The van der Waals surface area contributed by atoms with Crippen molar-refractivity contribution in [3.8, 4) is 18.1 Å². The maximum absolute atomic E-state index is 11.7. The van der Waals surface area contributed by atoms with Crippen molar-refractivity contribution in [1.29, 1.82) is 0 Å². The highest BCUT2D eigenvalue weighted by atomic mass is 16.5. The van der Waals surface area contributed by atoms with Gasteiger partial charge in [-0.25, -0.2) is 9.59 Å². The number of urea groups is 1. The van der Waals surface area contributed by atoms with Gasteiger partial charge in [0.1, 0.15) is 11.3 Å². The average Bonchev–Trinajstić information content (AvgIpc) is 2.44. The van der Waals surface area contributed by atoms with Crippen LogP contribution in [0.15, 0.2) is 18.2 Å². The highest BCUT2D eigenvalue weighted by Crippen LogP contribution is 2.23. The summed E-state index contributed by atoms with van der Waals surface area (Å²) in [5.74, 6) is 1.51. The summed E-state index contributed by atoms with van der Waals surface area (Å²) in [4.78, 5) is 22.6. The van der Waals surface area contributed by atoms with E-state index in [0.717, 1.165) is 0 Å². The number of carbonyl (C=O) groups excluding carboxylic acids is 1. The van der Waals surface area contributed by atoms with Crippen molar-refractivity contribution in [3.63, 3.8) is 0 Å². The van der Waals surface area contributed by atoms with Crippen LogP contribution in [0.5, 0.6) is 5.75 Å². The number of rotatable bonds is 5. The van der Waals surface area contributed by atoms with Crippen LogP contribution in [0.25, 0.3) is 0 Å². The summed E-state index contributed by atoms with van der Waals surface area (Å²) in [6, 6.07) is 3.45. The van der Waals surface area contributed by atoms with Crippen LogP contribution in [-0.2, 0) is 0 Å². The smallest absolute Gasteiger partial charge is 0.339 e. The van der Waals surface area contributed by atoms with E-state index in [-0.39, 0.29) is 17.4 Å². The van der Waals surface area contributed by atoms with Crippen LogP contribution in [-0.4, -0.2) is 30.3 Å². The Labute approximate surface area is 117 Å². The van der Waals surface area contributed by atoms with Crippen molar-refractivity contribution in [1.82, 2.24) is 5.32 Å². The normalized spacial score (nSPS) is 11.1. The number of anilines is 1. The highest BCUT2D eigenvalue weighted by molar-refractivity contribution is 5.94. The van der Waals surface area contributed by atoms with E-state index in [1.54, 1.807) is 0 Å². The molecular formula is C14H16N2O4. The third-order valence-corrected chi connectivity index (χ3v) is 2.60. The summed E-state index contributed by atoms with van der Waals surface area (Å²) in [5.41, 5.74) is 0.435. The van der Waals surface area contributed by atoms with Crippen molar-refractivity contribution in [2.75, 3.05) is 12.4 Å². The van der Waals surface area contributed by atoms with Gasteiger partial charge in [-0.2, -0.15) is 0 Å². The molecule has 6 heteroatoms. The topological polar surface area (TPSA) is 87.7 Å². The second-order valence-electron chi connectivity index (χ2n) is 3.95. The van der Waals surface area contributed by atoms with Crippen molar-refractivity contribution in [2.45, 2.75) is 19.4 Å². The Morgan fingerprint density at radius 3 is 2.70 bits per heavy atom. The van der Waals surface area contributed by atoms with Crippen LogP contribution in [0.1, 0.15) is 23.7 Å². The molecule has 6 nitrogen and oxygen atoms in total. The van der Waals surface area contributed by atoms with Gasteiger partial charge in [0.05, 0.1) is 13.2 Å². The number of methoxy groups -OCH3 is 1. The maximum Gasteiger partial charge on any atom is 0.339 e. The molecule has 1 aromatic rings. The molecule has 0 bridgehead atoms. The summed E-state index contributed by atoms with van der Waals surface area (Å²) in [6.07, 6.45) is 5.86. The van der Waals surface area contributed by atoms with Crippen molar-refractivity contribution in [3.05, 3.63) is 23.8 Å². The Balaban J connectivity index is 2.81. The molecule has 1 rings (SSSR count). The summed E-state index contributed by atoms with van der Waals surface area (Å²) in [6.45, 7) is 1.86. The Morgan fingerprint density at radius 2 is 2.20 bits per heavy atom. The third-order valence-electron chi connectivity index (χ3n) is 2.60. The van der Waals surface area contributed by atoms with Crippen molar-refractivity contribution in [2.24, 2.45) is 0 Å². The summed E-state index contributed by atoms with van der Waals surface area (Å²) < 4.78 is 4.97. The number of amides is 2. The van der Waals surface area contributed by atoms with Crippen molar-refractivity contribution < 1.29 is 19.4 Å². The number of carboxylic acids is 1. The minimum atomic E-state index is -1.10. The molecule has 1 aromatic carbocycles. The van der Waals surface area contributed by atoms with Gasteiger partial charge in [-0.3, -0.25) is 0 Å². The number of terminal acetylenes is 1. The maximum atomic E-state index is 11.7. The predicted molar refractivity (Wildman–Crippen MR) is 75.0 cm³/mol. The molecule has 2 amide bonds. The van der Waals surface area contributed by atoms with Crippen LogP contribution in [0, 0.1) is 12.3 Å². The first kappa shape index (κ1) is 15.4. The van der Waals surface area contributed by atoms with Gasteiger partial charge in [-0.1, -0.05) is 12.8 Å². The molecule has 0 aliphatic rings. The minimum Gasteiger partial charge on any atom is -0.496 e. The van der Waals surface area contributed by atoms with Crippen LogP contribution >= 0.6 is 0 Å². The average molecular weight is 276 g/mol. The van der Waals surface area contributed by atoms with Crippen LogP contribution in [0.2, 0.25) is 0 Å². The molecule has 3 N–H and O–H groups in total. The first-order chi connectivity index (χ1) is 9.51. The zero-order valence-electron chi connectivity index (χ0n) is 11.3. The first-order valence-electron chi connectivity index (χ1n) is 5.96. The molecule has 1 atom stereocenters. The van der Waals surface area contributed by atoms with Crippen molar-refractivity contribution >= 4 is 17.7 Å². The lowest BCUT2D eigenvalue weighted by Gasteiger charge is -2.13.